The van der Waals surface area contributed by atoms with E-state index in [2.05, 4.69) is 5.32 Å². The molecule has 0 spiro atoms. The van der Waals surface area contributed by atoms with Gasteiger partial charge >= 0.3 is 0 Å². The van der Waals surface area contributed by atoms with Crippen molar-refractivity contribution in [3.63, 3.8) is 0 Å². The molecule has 0 amide bonds. The molecule has 29 heavy (non-hydrogen) atoms. The molecule has 0 radical (unpaired) electrons. The minimum atomic E-state index is -0.313. The second-order valence-corrected chi connectivity index (χ2v) is 6.94. The van der Waals surface area contributed by atoms with E-state index in [0.717, 1.165) is 24.4 Å². The first-order valence-electron chi connectivity index (χ1n) is 9.28. The maximum absolute atomic E-state index is 13.8. The molecule has 3 aromatic carbocycles. The van der Waals surface area contributed by atoms with Crippen molar-refractivity contribution in [2.24, 2.45) is 0 Å². The lowest BCUT2D eigenvalue weighted by molar-refractivity contribution is -0.686. The maximum Gasteiger partial charge on any atom is 0.180 e. The predicted molar refractivity (Wildman–Crippen MR) is 111 cm³/mol. The highest BCUT2D eigenvalue weighted by molar-refractivity contribution is 6.32. The summed E-state index contributed by atoms with van der Waals surface area (Å²) in [6, 6.07) is 18.2. The fourth-order valence-electron chi connectivity index (χ4n) is 2.96. The van der Waals surface area contributed by atoms with Gasteiger partial charge in [-0.2, -0.15) is 0 Å². The van der Waals surface area contributed by atoms with Crippen molar-refractivity contribution in [3.05, 3.63) is 88.2 Å². The third kappa shape index (κ3) is 5.62. The number of halogens is 2. The van der Waals surface area contributed by atoms with E-state index in [9.17, 15) is 4.39 Å². The van der Waals surface area contributed by atoms with Crippen molar-refractivity contribution in [1.29, 1.82) is 0 Å². The zero-order chi connectivity index (χ0) is 20.6. The van der Waals surface area contributed by atoms with Crippen molar-refractivity contribution in [2.45, 2.75) is 19.7 Å². The summed E-state index contributed by atoms with van der Waals surface area (Å²) >= 11 is 6.42. The van der Waals surface area contributed by atoms with Gasteiger partial charge in [0.2, 0.25) is 0 Å². The SMILES string of the molecule is COc1ccc(C[NH2+]Cc2cc(Cl)c(OCc3ccccc3F)c(OC)c2)cc1. The molecule has 0 saturated carbocycles. The average Bonchev–Trinajstić information content (AvgIpc) is 2.74. The van der Waals surface area contributed by atoms with E-state index < -0.39 is 0 Å². The molecule has 0 saturated heterocycles. The molecule has 0 aliphatic heterocycles. The molecule has 2 N–H and O–H groups in total. The number of benzene rings is 3. The minimum absolute atomic E-state index is 0.0751. The molecule has 0 aliphatic rings. The Morgan fingerprint density at radius 2 is 1.62 bits per heavy atom. The highest BCUT2D eigenvalue weighted by atomic mass is 35.5. The molecule has 3 aromatic rings. The Morgan fingerprint density at radius 3 is 2.31 bits per heavy atom. The molecule has 0 unspecified atom stereocenters. The molecule has 4 nitrogen and oxygen atoms in total. The second kappa shape index (κ2) is 10.1. The van der Waals surface area contributed by atoms with Crippen LogP contribution in [0.25, 0.3) is 0 Å². The van der Waals surface area contributed by atoms with Crippen LogP contribution in [0.15, 0.2) is 60.7 Å². The molecule has 0 fully saturated rings. The molecular formula is C23H24ClFNO3+. The standard InChI is InChI=1S/C23H23ClFNO3/c1-27-19-9-7-16(8-10-19)13-26-14-17-11-20(24)23(22(12-17)28-2)29-15-18-5-3-4-6-21(18)25/h3-12,26H,13-15H2,1-2H3/p+1. The number of nitrogens with two attached hydrogens (primary N) is 1. The van der Waals surface area contributed by atoms with Crippen LogP contribution in [0.4, 0.5) is 4.39 Å². The minimum Gasteiger partial charge on any atom is -0.497 e. The zero-order valence-corrected chi connectivity index (χ0v) is 17.2. The topological polar surface area (TPSA) is 44.3 Å². The second-order valence-electron chi connectivity index (χ2n) is 6.53. The number of hydrogen-bond donors (Lipinski definition) is 1. The smallest absolute Gasteiger partial charge is 0.180 e. The summed E-state index contributed by atoms with van der Waals surface area (Å²) in [5.74, 6) is 1.47. The Hall–Kier alpha value is -2.76. The van der Waals surface area contributed by atoms with E-state index in [1.165, 1.54) is 11.6 Å². The van der Waals surface area contributed by atoms with E-state index in [0.29, 0.717) is 22.1 Å². The largest absolute Gasteiger partial charge is 0.497 e. The summed E-state index contributed by atoms with van der Waals surface area (Å²) < 4.78 is 30.2. The Morgan fingerprint density at radius 1 is 0.897 bits per heavy atom. The monoisotopic (exact) mass is 416 g/mol. The van der Waals surface area contributed by atoms with Gasteiger partial charge in [-0.25, -0.2) is 4.39 Å². The van der Waals surface area contributed by atoms with Crippen LogP contribution in [-0.4, -0.2) is 14.2 Å². The number of hydrogen-bond acceptors (Lipinski definition) is 3. The molecule has 0 bridgehead atoms. The van der Waals surface area contributed by atoms with Gasteiger partial charge < -0.3 is 19.5 Å². The first kappa shape index (κ1) is 21.0. The Labute approximate surface area is 175 Å². The molecule has 0 atom stereocenters. The van der Waals surface area contributed by atoms with Gasteiger partial charge in [0, 0.05) is 16.7 Å². The number of methoxy groups -OCH3 is 2. The maximum atomic E-state index is 13.8. The van der Waals surface area contributed by atoms with Crippen LogP contribution < -0.4 is 19.5 Å². The summed E-state index contributed by atoms with van der Waals surface area (Å²) in [4.78, 5) is 0. The number of rotatable bonds is 9. The fourth-order valence-corrected chi connectivity index (χ4v) is 3.25. The lowest BCUT2D eigenvalue weighted by Crippen LogP contribution is -2.80. The van der Waals surface area contributed by atoms with Crippen LogP contribution in [0.1, 0.15) is 16.7 Å². The summed E-state index contributed by atoms with van der Waals surface area (Å²) in [6.07, 6.45) is 0. The van der Waals surface area contributed by atoms with E-state index >= 15 is 0 Å². The molecular weight excluding hydrogens is 393 g/mol. The molecule has 152 valence electrons. The van der Waals surface area contributed by atoms with Crippen molar-refractivity contribution < 1.29 is 23.9 Å². The van der Waals surface area contributed by atoms with Gasteiger partial charge in [-0.05, 0) is 42.5 Å². The fraction of sp³-hybridized carbons (Fsp3) is 0.217. The van der Waals surface area contributed by atoms with Gasteiger partial charge in [0.15, 0.2) is 11.5 Å². The molecule has 0 heterocycles. The van der Waals surface area contributed by atoms with Crippen LogP contribution in [0.2, 0.25) is 5.02 Å². The first-order valence-corrected chi connectivity index (χ1v) is 9.65. The van der Waals surface area contributed by atoms with Crippen molar-refractivity contribution in [3.8, 4) is 17.2 Å². The normalized spacial score (nSPS) is 10.6. The Balaban J connectivity index is 1.63. The van der Waals surface area contributed by atoms with Gasteiger partial charge in [0.25, 0.3) is 0 Å². The summed E-state index contributed by atoms with van der Waals surface area (Å²) in [5, 5.41) is 2.61. The highest BCUT2D eigenvalue weighted by Crippen LogP contribution is 2.37. The predicted octanol–water partition coefficient (Wildman–Crippen LogP) is 4.34. The molecule has 6 heteroatoms. The van der Waals surface area contributed by atoms with Gasteiger partial charge in [0.1, 0.15) is 31.3 Å². The van der Waals surface area contributed by atoms with Crippen molar-refractivity contribution >= 4 is 11.6 Å². The van der Waals surface area contributed by atoms with Crippen molar-refractivity contribution in [2.75, 3.05) is 14.2 Å². The lowest BCUT2D eigenvalue weighted by Gasteiger charge is -2.14. The molecule has 0 aromatic heterocycles. The molecule has 0 aliphatic carbocycles. The lowest BCUT2D eigenvalue weighted by atomic mass is 10.1. The number of ether oxygens (including phenoxy) is 3. The van der Waals surface area contributed by atoms with Crippen LogP contribution in [0.3, 0.4) is 0 Å². The van der Waals surface area contributed by atoms with Crippen molar-refractivity contribution in [1.82, 2.24) is 0 Å². The van der Waals surface area contributed by atoms with Crippen LogP contribution >= 0.6 is 11.6 Å². The summed E-state index contributed by atoms with van der Waals surface area (Å²) in [6.45, 7) is 1.64. The van der Waals surface area contributed by atoms with Crippen LogP contribution in [0, 0.1) is 5.82 Å². The van der Waals surface area contributed by atoms with Gasteiger partial charge in [-0.15, -0.1) is 0 Å². The third-order valence-corrected chi connectivity index (χ3v) is 4.82. The van der Waals surface area contributed by atoms with E-state index in [1.807, 2.05) is 36.4 Å². The van der Waals surface area contributed by atoms with E-state index in [1.54, 1.807) is 32.4 Å². The van der Waals surface area contributed by atoms with E-state index in [4.69, 9.17) is 25.8 Å². The van der Waals surface area contributed by atoms with Gasteiger partial charge in [-0.1, -0.05) is 29.8 Å². The van der Waals surface area contributed by atoms with Gasteiger partial charge in [0.05, 0.1) is 19.2 Å². The quantitative estimate of drug-likeness (QED) is 0.564. The third-order valence-electron chi connectivity index (χ3n) is 4.54. The Bertz CT molecular complexity index is 947. The van der Waals surface area contributed by atoms with Crippen LogP contribution in [0.5, 0.6) is 17.2 Å². The zero-order valence-electron chi connectivity index (χ0n) is 16.5. The van der Waals surface area contributed by atoms with Crippen LogP contribution in [-0.2, 0) is 19.7 Å². The average molecular weight is 417 g/mol. The highest BCUT2D eigenvalue weighted by Gasteiger charge is 2.14. The van der Waals surface area contributed by atoms with Gasteiger partial charge in [-0.3, -0.25) is 0 Å². The molecule has 3 rings (SSSR count). The first-order chi connectivity index (χ1) is 14.1. The summed E-state index contributed by atoms with van der Waals surface area (Å²) in [5.41, 5.74) is 2.68. The summed E-state index contributed by atoms with van der Waals surface area (Å²) in [7, 11) is 3.22. The number of quaternary nitrogens is 1. The Kier molecular flexibility index (Phi) is 7.33. The van der Waals surface area contributed by atoms with E-state index in [-0.39, 0.29) is 12.4 Å².